The number of carbonyl (C=O) groups is 1. The predicted molar refractivity (Wildman–Crippen MR) is 115 cm³/mol. The molecule has 1 aromatic carbocycles. The number of aryl methyl sites for hydroxylation is 1. The van der Waals surface area contributed by atoms with Crippen molar-refractivity contribution in [1.29, 1.82) is 0 Å². The standard InChI is InChI=1S/C23H22F3N3O2S/c1-15-20(32-21(28-15)17-6-8-18(9-7-17)23(24,25)26)22(30)29(14-19-5-3-11-31-19)13-16-4-2-10-27-12-16/h2,4,6-10,12,19H,3,5,11,13-14H2,1H3. The smallest absolute Gasteiger partial charge is 0.376 e. The van der Waals surface area contributed by atoms with E-state index < -0.39 is 11.7 Å². The van der Waals surface area contributed by atoms with Crippen LogP contribution >= 0.6 is 11.3 Å². The van der Waals surface area contributed by atoms with E-state index in [2.05, 4.69) is 9.97 Å². The van der Waals surface area contributed by atoms with Gasteiger partial charge in [0.25, 0.3) is 5.91 Å². The van der Waals surface area contributed by atoms with Crippen molar-refractivity contribution in [2.24, 2.45) is 0 Å². The molecule has 0 bridgehead atoms. The fourth-order valence-electron chi connectivity index (χ4n) is 3.63. The first-order chi connectivity index (χ1) is 15.3. The number of thiazole rings is 1. The van der Waals surface area contributed by atoms with Crippen molar-refractivity contribution in [2.75, 3.05) is 13.2 Å². The average molecular weight is 462 g/mol. The Labute approximate surface area is 187 Å². The van der Waals surface area contributed by atoms with Crippen LogP contribution in [0.3, 0.4) is 0 Å². The average Bonchev–Trinajstić information content (AvgIpc) is 3.43. The van der Waals surface area contributed by atoms with Gasteiger partial charge in [0.15, 0.2) is 0 Å². The van der Waals surface area contributed by atoms with Crippen molar-refractivity contribution < 1.29 is 22.7 Å². The zero-order valence-electron chi connectivity index (χ0n) is 17.4. The van der Waals surface area contributed by atoms with Gasteiger partial charge in [-0.05, 0) is 43.5 Å². The second-order valence-electron chi connectivity index (χ2n) is 7.69. The SMILES string of the molecule is Cc1nc(-c2ccc(C(F)(F)F)cc2)sc1C(=O)N(Cc1cccnc1)CC1CCCO1. The van der Waals surface area contributed by atoms with Gasteiger partial charge in [-0.3, -0.25) is 9.78 Å². The van der Waals surface area contributed by atoms with Crippen LogP contribution in [0.1, 0.15) is 39.3 Å². The molecule has 0 spiro atoms. The minimum Gasteiger partial charge on any atom is -0.376 e. The lowest BCUT2D eigenvalue weighted by atomic mass is 10.1. The Kier molecular flexibility index (Phi) is 6.57. The van der Waals surface area contributed by atoms with E-state index in [-0.39, 0.29) is 12.0 Å². The van der Waals surface area contributed by atoms with E-state index >= 15 is 0 Å². The van der Waals surface area contributed by atoms with E-state index in [0.717, 1.165) is 30.5 Å². The summed E-state index contributed by atoms with van der Waals surface area (Å²) in [6.07, 6.45) is 0.862. The fraction of sp³-hybridized carbons (Fsp3) is 0.348. The van der Waals surface area contributed by atoms with E-state index in [4.69, 9.17) is 4.74 Å². The van der Waals surface area contributed by atoms with E-state index in [1.807, 2.05) is 12.1 Å². The maximum atomic E-state index is 13.5. The topological polar surface area (TPSA) is 55.3 Å². The summed E-state index contributed by atoms with van der Waals surface area (Å²) in [5.41, 5.74) is 1.29. The molecule has 1 aliphatic heterocycles. The summed E-state index contributed by atoms with van der Waals surface area (Å²) in [5, 5.41) is 0.512. The van der Waals surface area contributed by atoms with Gasteiger partial charge < -0.3 is 9.64 Å². The fourth-order valence-corrected chi connectivity index (χ4v) is 4.67. The number of halogens is 3. The van der Waals surface area contributed by atoms with Crippen LogP contribution in [-0.4, -0.2) is 40.0 Å². The van der Waals surface area contributed by atoms with Crippen LogP contribution in [0.2, 0.25) is 0 Å². The first-order valence-corrected chi connectivity index (χ1v) is 11.1. The molecule has 3 aromatic rings. The molecule has 5 nitrogen and oxygen atoms in total. The summed E-state index contributed by atoms with van der Waals surface area (Å²) in [6.45, 7) is 3.28. The zero-order chi connectivity index (χ0) is 22.7. The molecule has 0 radical (unpaired) electrons. The molecule has 9 heteroatoms. The van der Waals surface area contributed by atoms with Crippen molar-refractivity contribution in [2.45, 2.75) is 38.6 Å². The number of hydrogen-bond donors (Lipinski definition) is 0. The lowest BCUT2D eigenvalue weighted by Crippen LogP contribution is -2.36. The molecule has 1 aliphatic rings. The molecule has 1 amide bonds. The molecule has 168 valence electrons. The van der Waals surface area contributed by atoms with Crippen LogP contribution in [0.5, 0.6) is 0 Å². The molecule has 1 unspecified atom stereocenters. The Balaban J connectivity index is 1.58. The van der Waals surface area contributed by atoms with Crippen LogP contribution < -0.4 is 0 Å². The lowest BCUT2D eigenvalue weighted by molar-refractivity contribution is -0.137. The minimum absolute atomic E-state index is 0.0155. The highest BCUT2D eigenvalue weighted by Gasteiger charge is 2.30. The summed E-state index contributed by atoms with van der Waals surface area (Å²) in [6, 6.07) is 8.56. The van der Waals surface area contributed by atoms with Crippen molar-refractivity contribution in [1.82, 2.24) is 14.9 Å². The molecule has 0 N–H and O–H groups in total. The summed E-state index contributed by atoms with van der Waals surface area (Å²) in [5.74, 6) is -0.169. The van der Waals surface area contributed by atoms with Gasteiger partial charge in [0.2, 0.25) is 0 Å². The number of alkyl halides is 3. The lowest BCUT2D eigenvalue weighted by Gasteiger charge is -2.25. The molecule has 3 heterocycles. The largest absolute Gasteiger partial charge is 0.416 e. The number of nitrogens with zero attached hydrogens (tertiary/aromatic N) is 3. The van der Waals surface area contributed by atoms with Crippen LogP contribution in [0.4, 0.5) is 13.2 Å². The zero-order valence-corrected chi connectivity index (χ0v) is 18.2. The second-order valence-corrected chi connectivity index (χ2v) is 8.69. The normalized spacial score (nSPS) is 16.3. The second kappa shape index (κ2) is 9.38. The maximum absolute atomic E-state index is 13.5. The number of amides is 1. The van der Waals surface area contributed by atoms with Gasteiger partial charge >= 0.3 is 6.18 Å². The highest BCUT2D eigenvalue weighted by molar-refractivity contribution is 7.17. The van der Waals surface area contributed by atoms with Crippen molar-refractivity contribution in [3.8, 4) is 10.6 Å². The quantitative estimate of drug-likeness (QED) is 0.496. The molecule has 1 fully saturated rings. The van der Waals surface area contributed by atoms with E-state index in [1.54, 1.807) is 24.2 Å². The molecular weight excluding hydrogens is 439 g/mol. The first kappa shape index (κ1) is 22.4. The highest BCUT2D eigenvalue weighted by Crippen LogP contribution is 2.33. The van der Waals surface area contributed by atoms with Crippen molar-refractivity contribution in [3.05, 3.63) is 70.5 Å². The third-order valence-electron chi connectivity index (χ3n) is 5.28. The molecule has 0 aliphatic carbocycles. The summed E-state index contributed by atoms with van der Waals surface area (Å²) in [7, 11) is 0. The Hall–Kier alpha value is -2.78. The monoisotopic (exact) mass is 461 g/mol. The summed E-state index contributed by atoms with van der Waals surface area (Å²) < 4.78 is 44.3. The third kappa shape index (κ3) is 5.16. The van der Waals surface area contributed by atoms with E-state index in [9.17, 15) is 18.0 Å². The van der Waals surface area contributed by atoms with Crippen LogP contribution in [0.25, 0.3) is 10.6 Å². The van der Waals surface area contributed by atoms with Crippen molar-refractivity contribution in [3.63, 3.8) is 0 Å². The summed E-state index contributed by atoms with van der Waals surface area (Å²) in [4.78, 5) is 24.3. The number of rotatable bonds is 6. The molecule has 1 saturated heterocycles. The number of aromatic nitrogens is 2. The maximum Gasteiger partial charge on any atom is 0.416 e. The molecular formula is C23H22F3N3O2S. The third-order valence-corrected chi connectivity index (χ3v) is 6.48. The van der Waals surface area contributed by atoms with Crippen molar-refractivity contribution >= 4 is 17.2 Å². The minimum atomic E-state index is -4.40. The molecule has 0 saturated carbocycles. The molecule has 2 aromatic heterocycles. The van der Waals surface area contributed by atoms with Gasteiger partial charge in [-0.25, -0.2) is 4.98 Å². The van der Waals surface area contributed by atoms with Gasteiger partial charge in [-0.2, -0.15) is 13.2 Å². The number of hydrogen-bond acceptors (Lipinski definition) is 5. The highest BCUT2D eigenvalue weighted by atomic mass is 32.1. The number of carbonyl (C=O) groups excluding carboxylic acids is 1. The van der Waals surface area contributed by atoms with Gasteiger partial charge in [0.05, 0.1) is 17.4 Å². The molecule has 32 heavy (non-hydrogen) atoms. The number of ether oxygens (including phenoxy) is 1. The number of benzene rings is 1. The van der Waals surface area contributed by atoms with Gasteiger partial charge in [0, 0.05) is 37.7 Å². The van der Waals surface area contributed by atoms with Crippen LogP contribution in [0, 0.1) is 6.92 Å². The Morgan fingerprint density at radius 3 is 2.66 bits per heavy atom. The molecule has 1 atom stereocenters. The van der Waals surface area contributed by atoms with E-state index in [1.165, 1.54) is 23.5 Å². The number of pyridine rings is 1. The van der Waals surface area contributed by atoms with Gasteiger partial charge in [-0.1, -0.05) is 18.2 Å². The Morgan fingerprint density at radius 1 is 1.25 bits per heavy atom. The van der Waals surface area contributed by atoms with Crippen LogP contribution in [-0.2, 0) is 17.5 Å². The summed E-state index contributed by atoms with van der Waals surface area (Å²) >= 11 is 1.19. The molecule has 4 rings (SSSR count). The Morgan fingerprint density at radius 2 is 2.03 bits per heavy atom. The predicted octanol–water partition coefficient (Wildman–Crippen LogP) is 5.35. The Bertz CT molecular complexity index is 1060. The van der Waals surface area contributed by atoms with Gasteiger partial charge in [0.1, 0.15) is 9.88 Å². The van der Waals surface area contributed by atoms with E-state index in [0.29, 0.717) is 40.8 Å². The first-order valence-electron chi connectivity index (χ1n) is 10.3. The van der Waals surface area contributed by atoms with Crippen LogP contribution in [0.15, 0.2) is 48.8 Å². The van der Waals surface area contributed by atoms with Gasteiger partial charge in [-0.15, -0.1) is 11.3 Å².